The Bertz CT molecular complexity index is 621. The Labute approximate surface area is 124 Å². The Morgan fingerprint density at radius 2 is 1.57 bits per heavy atom. The van der Waals surface area contributed by atoms with Gasteiger partial charge in [0.05, 0.1) is 0 Å². The number of hydrogen-bond donors (Lipinski definition) is 2. The van der Waals surface area contributed by atoms with E-state index in [0.29, 0.717) is 12.0 Å². The quantitative estimate of drug-likeness (QED) is 0.883. The maximum absolute atomic E-state index is 12.0. The van der Waals surface area contributed by atoms with Gasteiger partial charge in [0.1, 0.15) is 6.04 Å². The summed E-state index contributed by atoms with van der Waals surface area (Å²) in [7, 11) is 0. The van der Waals surface area contributed by atoms with Crippen LogP contribution in [0.3, 0.4) is 0 Å². The molecule has 0 aliphatic heterocycles. The van der Waals surface area contributed by atoms with Crippen LogP contribution in [0.2, 0.25) is 0 Å². The van der Waals surface area contributed by atoms with Gasteiger partial charge >= 0.3 is 0 Å². The number of amides is 2. The number of carbonyl (C=O) groups excluding carboxylic acids is 2. The minimum atomic E-state index is -0.633. The molecule has 4 nitrogen and oxygen atoms in total. The molecule has 0 saturated heterocycles. The number of nitrogens with two attached hydrogens (primary N) is 1. The SMILES string of the molecule is CC[C@@H](NC(=O)c1ccc(-c2ccccc2)cc1)C(N)=O. The normalized spacial score (nSPS) is 11.7. The van der Waals surface area contributed by atoms with Crippen LogP contribution in [0.15, 0.2) is 54.6 Å². The van der Waals surface area contributed by atoms with E-state index in [4.69, 9.17) is 5.73 Å². The molecule has 0 fully saturated rings. The van der Waals surface area contributed by atoms with Crippen LogP contribution in [0.5, 0.6) is 0 Å². The fourth-order valence-corrected chi connectivity index (χ4v) is 2.06. The first kappa shape index (κ1) is 14.8. The molecule has 0 aromatic heterocycles. The lowest BCUT2D eigenvalue weighted by atomic mass is 10.0. The van der Waals surface area contributed by atoms with Crippen molar-refractivity contribution < 1.29 is 9.59 Å². The third-order valence-electron chi connectivity index (χ3n) is 3.31. The van der Waals surface area contributed by atoms with Gasteiger partial charge in [0, 0.05) is 5.56 Å². The highest BCUT2D eigenvalue weighted by molar-refractivity contribution is 5.97. The monoisotopic (exact) mass is 282 g/mol. The summed E-state index contributed by atoms with van der Waals surface area (Å²) in [5.41, 5.74) is 7.86. The van der Waals surface area contributed by atoms with Gasteiger partial charge in [-0.05, 0) is 29.7 Å². The summed E-state index contributed by atoms with van der Waals surface area (Å²) in [5, 5.41) is 2.63. The van der Waals surface area contributed by atoms with Gasteiger partial charge in [-0.2, -0.15) is 0 Å². The molecule has 0 heterocycles. The molecule has 108 valence electrons. The lowest BCUT2D eigenvalue weighted by Gasteiger charge is -2.13. The van der Waals surface area contributed by atoms with Crippen LogP contribution in [-0.2, 0) is 4.79 Å². The van der Waals surface area contributed by atoms with Gasteiger partial charge < -0.3 is 11.1 Å². The molecule has 1 atom stereocenters. The smallest absolute Gasteiger partial charge is 0.251 e. The summed E-state index contributed by atoms with van der Waals surface area (Å²) < 4.78 is 0. The molecule has 2 rings (SSSR count). The molecule has 2 aromatic rings. The number of nitrogens with one attached hydrogen (secondary N) is 1. The predicted molar refractivity (Wildman–Crippen MR) is 82.6 cm³/mol. The van der Waals surface area contributed by atoms with Gasteiger partial charge in [-0.25, -0.2) is 0 Å². The third kappa shape index (κ3) is 3.69. The van der Waals surface area contributed by atoms with Gasteiger partial charge in [0.25, 0.3) is 5.91 Å². The summed E-state index contributed by atoms with van der Waals surface area (Å²) in [4.78, 5) is 23.2. The van der Waals surface area contributed by atoms with Crippen molar-refractivity contribution in [3.63, 3.8) is 0 Å². The summed E-state index contributed by atoms with van der Waals surface area (Å²) in [6.45, 7) is 1.80. The zero-order valence-corrected chi connectivity index (χ0v) is 11.9. The average molecular weight is 282 g/mol. The lowest BCUT2D eigenvalue weighted by Crippen LogP contribution is -2.43. The van der Waals surface area contributed by atoms with Crippen molar-refractivity contribution in [2.45, 2.75) is 19.4 Å². The maximum atomic E-state index is 12.0. The Morgan fingerprint density at radius 3 is 2.10 bits per heavy atom. The van der Waals surface area contributed by atoms with E-state index in [0.717, 1.165) is 11.1 Å². The number of carbonyl (C=O) groups is 2. The summed E-state index contributed by atoms with van der Waals surface area (Å²) in [5.74, 6) is -0.813. The topological polar surface area (TPSA) is 72.2 Å². The van der Waals surface area contributed by atoms with Crippen LogP contribution in [-0.4, -0.2) is 17.9 Å². The summed E-state index contributed by atoms with van der Waals surface area (Å²) in [6, 6.07) is 16.5. The molecular weight excluding hydrogens is 264 g/mol. The Kier molecular flexibility index (Phi) is 4.72. The number of rotatable bonds is 5. The van der Waals surface area contributed by atoms with E-state index in [1.807, 2.05) is 42.5 Å². The van der Waals surface area contributed by atoms with Crippen LogP contribution < -0.4 is 11.1 Å². The highest BCUT2D eigenvalue weighted by Crippen LogP contribution is 2.19. The van der Waals surface area contributed by atoms with E-state index >= 15 is 0 Å². The molecule has 0 aliphatic carbocycles. The zero-order valence-electron chi connectivity index (χ0n) is 11.9. The molecule has 21 heavy (non-hydrogen) atoms. The second-order valence-electron chi connectivity index (χ2n) is 4.78. The van der Waals surface area contributed by atoms with Crippen molar-refractivity contribution in [3.8, 4) is 11.1 Å². The number of primary amides is 1. The van der Waals surface area contributed by atoms with E-state index in [-0.39, 0.29) is 5.91 Å². The Balaban J connectivity index is 2.12. The molecule has 2 aromatic carbocycles. The average Bonchev–Trinajstić information content (AvgIpc) is 2.53. The molecule has 0 unspecified atom stereocenters. The molecule has 0 saturated carbocycles. The minimum Gasteiger partial charge on any atom is -0.368 e. The van der Waals surface area contributed by atoms with E-state index in [1.54, 1.807) is 19.1 Å². The fourth-order valence-electron chi connectivity index (χ4n) is 2.06. The van der Waals surface area contributed by atoms with E-state index in [2.05, 4.69) is 5.32 Å². The second-order valence-corrected chi connectivity index (χ2v) is 4.78. The standard InChI is InChI=1S/C17H18N2O2/c1-2-15(16(18)20)19-17(21)14-10-8-13(9-11-14)12-6-4-3-5-7-12/h3-11,15H,2H2,1H3,(H2,18,20)(H,19,21)/t15-/m1/s1. The van der Waals surface area contributed by atoms with Gasteiger partial charge in [-0.15, -0.1) is 0 Å². The van der Waals surface area contributed by atoms with Crippen molar-refractivity contribution in [3.05, 3.63) is 60.2 Å². The van der Waals surface area contributed by atoms with Crippen LogP contribution in [0.1, 0.15) is 23.7 Å². The summed E-state index contributed by atoms with van der Waals surface area (Å²) in [6.07, 6.45) is 0.475. The number of hydrogen-bond acceptors (Lipinski definition) is 2. The molecule has 0 spiro atoms. The van der Waals surface area contributed by atoms with Gasteiger partial charge in [0.2, 0.25) is 5.91 Å². The van der Waals surface area contributed by atoms with Crippen LogP contribution >= 0.6 is 0 Å². The van der Waals surface area contributed by atoms with Gasteiger partial charge in [-0.3, -0.25) is 9.59 Å². The second kappa shape index (κ2) is 6.70. The van der Waals surface area contributed by atoms with E-state index in [1.165, 1.54) is 0 Å². The molecule has 4 heteroatoms. The third-order valence-corrected chi connectivity index (χ3v) is 3.31. The lowest BCUT2D eigenvalue weighted by molar-refractivity contribution is -0.119. The van der Waals surface area contributed by atoms with Crippen molar-refractivity contribution in [1.29, 1.82) is 0 Å². The Hall–Kier alpha value is -2.62. The first-order valence-electron chi connectivity index (χ1n) is 6.87. The Morgan fingerprint density at radius 1 is 1.00 bits per heavy atom. The number of benzene rings is 2. The maximum Gasteiger partial charge on any atom is 0.251 e. The highest BCUT2D eigenvalue weighted by Gasteiger charge is 2.16. The molecular formula is C17H18N2O2. The molecule has 0 radical (unpaired) electrons. The van der Waals surface area contributed by atoms with Crippen molar-refractivity contribution in [2.24, 2.45) is 5.73 Å². The van der Waals surface area contributed by atoms with Crippen LogP contribution in [0.4, 0.5) is 0 Å². The first-order chi connectivity index (χ1) is 10.1. The van der Waals surface area contributed by atoms with Crippen molar-refractivity contribution in [2.75, 3.05) is 0 Å². The van der Waals surface area contributed by atoms with E-state index in [9.17, 15) is 9.59 Å². The molecule has 0 aliphatic rings. The van der Waals surface area contributed by atoms with Crippen molar-refractivity contribution >= 4 is 11.8 Å². The van der Waals surface area contributed by atoms with Gasteiger partial charge in [0.15, 0.2) is 0 Å². The predicted octanol–water partition coefficient (Wildman–Crippen LogP) is 2.35. The largest absolute Gasteiger partial charge is 0.368 e. The fraction of sp³-hybridized carbons (Fsp3) is 0.176. The van der Waals surface area contributed by atoms with E-state index < -0.39 is 11.9 Å². The summed E-state index contributed by atoms with van der Waals surface area (Å²) >= 11 is 0. The molecule has 0 bridgehead atoms. The zero-order chi connectivity index (χ0) is 15.2. The first-order valence-corrected chi connectivity index (χ1v) is 6.87. The van der Waals surface area contributed by atoms with Crippen LogP contribution in [0, 0.1) is 0 Å². The van der Waals surface area contributed by atoms with Gasteiger partial charge in [-0.1, -0.05) is 49.4 Å². The minimum absolute atomic E-state index is 0.291. The molecule has 2 amide bonds. The van der Waals surface area contributed by atoms with Crippen molar-refractivity contribution in [1.82, 2.24) is 5.32 Å². The highest BCUT2D eigenvalue weighted by atomic mass is 16.2. The van der Waals surface area contributed by atoms with Crippen LogP contribution in [0.25, 0.3) is 11.1 Å². The molecule has 3 N–H and O–H groups in total.